The number of carbonyl (C=O) groups excluding carboxylic acids is 1. The fraction of sp³-hybridized carbons (Fsp3) is 0.292. The number of nitrogens with zero attached hydrogens (tertiary/aromatic N) is 3. The van der Waals surface area contributed by atoms with Gasteiger partial charge in [0.15, 0.2) is 5.78 Å². The van der Waals surface area contributed by atoms with E-state index >= 15 is 0 Å². The molecule has 1 aliphatic heterocycles. The molecular formula is C24H24N4O2. The van der Waals surface area contributed by atoms with E-state index in [1.54, 1.807) is 0 Å². The van der Waals surface area contributed by atoms with Gasteiger partial charge in [0.25, 0.3) is 0 Å². The summed E-state index contributed by atoms with van der Waals surface area (Å²) in [5.41, 5.74) is 3.92. The molecule has 0 fully saturated rings. The smallest absolute Gasteiger partial charge is 0.226 e. The van der Waals surface area contributed by atoms with E-state index in [0.29, 0.717) is 30.7 Å². The second kappa shape index (κ2) is 7.44. The first kappa shape index (κ1) is 18.6. The number of hydrogen-bond donors (Lipinski definition) is 1. The average Bonchev–Trinajstić information content (AvgIpc) is 3.11. The van der Waals surface area contributed by atoms with Crippen LogP contribution < -0.4 is 10.1 Å². The molecule has 152 valence electrons. The summed E-state index contributed by atoms with van der Waals surface area (Å²) < 4.78 is 7.76. The van der Waals surface area contributed by atoms with Crippen LogP contribution in [0.3, 0.4) is 0 Å². The van der Waals surface area contributed by atoms with Crippen LogP contribution in [0.5, 0.6) is 5.75 Å². The fourth-order valence-electron chi connectivity index (χ4n) is 4.31. The zero-order valence-corrected chi connectivity index (χ0v) is 17.1. The number of Topliss-reactive ketones (excluding diaryl/α,β-unsaturated/α-hetero) is 1. The third-order valence-corrected chi connectivity index (χ3v) is 5.67. The topological polar surface area (TPSA) is 69.0 Å². The maximum Gasteiger partial charge on any atom is 0.226 e. The van der Waals surface area contributed by atoms with E-state index < -0.39 is 0 Å². The van der Waals surface area contributed by atoms with Crippen molar-refractivity contribution in [3.63, 3.8) is 0 Å². The molecule has 2 atom stereocenters. The first-order chi connectivity index (χ1) is 14.6. The number of ketones is 1. The second-order valence-corrected chi connectivity index (χ2v) is 8.13. The number of ether oxygens (including phenoxy) is 1. The van der Waals surface area contributed by atoms with Crippen LogP contribution in [-0.4, -0.2) is 20.5 Å². The Kier molecular flexibility index (Phi) is 4.62. The average molecular weight is 400 g/mol. The molecule has 0 amide bonds. The van der Waals surface area contributed by atoms with E-state index in [4.69, 9.17) is 4.74 Å². The maximum atomic E-state index is 13.0. The standard InChI is InChI=1S/C24H24N4O2/c1-15-12-20-22(21(29)13-15)23(28-24(26-20)25-16(2)27-28)18-8-10-19(11-9-18)30-14-17-6-4-3-5-7-17/h3-11,15,23H,12-14H2,1-2H3,(H,25,26,27)/t15-,23+/m0/s1. The van der Waals surface area contributed by atoms with Crippen molar-refractivity contribution in [3.05, 3.63) is 82.8 Å². The summed E-state index contributed by atoms with van der Waals surface area (Å²) >= 11 is 0. The molecule has 2 aromatic carbocycles. The molecule has 0 spiro atoms. The molecule has 0 bridgehead atoms. The Bertz CT molecular complexity index is 1120. The summed E-state index contributed by atoms with van der Waals surface area (Å²) in [7, 11) is 0. The van der Waals surface area contributed by atoms with Crippen molar-refractivity contribution in [2.24, 2.45) is 5.92 Å². The van der Waals surface area contributed by atoms with Gasteiger partial charge in [-0.2, -0.15) is 10.1 Å². The summed E-state index contributed by atoms with van der Waals surface area (Å²) in [4.78, 5) is 17.5. The van der Waals surface area contributed by atoms with Crippen LogP contribution in [-0.2, 0) is 11.4 Å². The van der Waals surface area contributed by atoms with Gasteiger partial charge in [-0.1, -0.05) is 49.4 Å². The van der Waals surface area contributed by atoms with E-state index in [2.05, 4.69) is 22.3 Å². The van der Waals surface area contributed by atoms with Crippen molar-refractivity contribution >= 4 is 11.7 Å². The van der Waals surface area contributed by atoms with Crippen molar-refractivity contribution in [3.8, 4) is 5.75 Å². The van der Waals surface area contributed by atoms with Gasteiger partial charge < -0.3 is 10.1 Å². The molecule has 6 nitrogen and oxygen atoms in total. The van der Waals surface area contributed by atoms with Gasteiger partial charge in [-0.15, -0.1) is 0 Å². The normalized spacial score (nSPS) is 20.4. The number of anilines is 1. The zero-order chi connectivity index (χ0) is 20.7. The van der Waals surface area contributed by atoms with Gasteiger partial charge in [0, 0.05) is 17.7 Å². The third kappa shape index (κ3) is 3.38. The summed E-state index contributed by atoms with van der Waals surface area (Å²) in [5.74, 6) is 2.69. The highest BCUT2D eigenvalue weighted by Crippen LogP contribution is 2.41. The van der Waals surface area contributed by atoms with Crippen LogP contribution in [0.15, 0.2) is 65.9 Å². The number of nitrogens with one attached hydrogen (secondary N) is 1. The Hall–Kier alpha value is -3.41. The Morgan fingerprint density at radius 3 is 2.63 bits per heavy atom. The van der Waals surface area contributed by atoms with Crippen LogP contribution in [0, 0.1) is 12.8 Å². The van der Waals surface area contributed by atoms with Gasteiger partial charge in [0.1, 0.15) is 24.2 Å². The summed E-state index contributed by atoms with van der Waals surface area (Å²) in [6.45, 7) is 4.50. The monoisotopic (exact) mass is 400 g/mol. The highest BCUT2D eigenvalue weighted by atomic mass is 16.5. The number of aryl methyl sites for hydroxylation is 1. The largest absolute Gasteiger partial charge is 0.489 e. The number of hydrogen-bond acceptors (Lipinski definition) is 5. The Morgan fingerprint density at radius 2 is 1.87 bits per heavy atom. The van der Waals surface area contributed by atoms with Crippen molar-refractivity contribution in [1.82, 2.24) is 14.8 Å². The molecule has 0 saturated heterocycles. The molecule has 2 heterocycles. The zero-order valence-electron chi connectivity index (χ0n) is 17.1. The molecular weight excluding hydrogens is 376 g/mol. The molecule has 0 unspecified atom stereocenters. The number of carbonyl (C=O) groups is 1. The highest BCUT2D eigenvalue weighted by Gasteiger charge is 2.38. The number of benzene rings is 2. The maximum absolute atomic E-state index is 13.0. The van der Waals surface area contributed by atoms with Gasteiger partial charge in [0.05, 0.1) is 0 Å². The van der Waals surface area contributed by atoms with Crippen molar-refractivity contribution < 1.29 is 9.53 Å². The van der Waals surface area contributed by atoms with Crippen LogP contribution in [0.4, 0.5) is 5.95 Å². The van der Waals surface area contributed by atoms with Gasteiger partial charge in [-0.05, 0) is 42.5 Å². The lowest BCUT2D eigenvalue weighted by atomic mass is 9.81. The molecule has 0 saturated carbocycles. The number of aromatic nitrogens is 3. The Labute approximate surface area is 175 Å². The SMILES string of the molecule is Cc1nc2n(n1)[C@H](c1ccc(OCc3ccccc3)cc1)C1=C(C[C@H](C)CC1=O)N2. The fourth-order valence-corrected chi connectivity index (χ4v) is 4.31. The minimum absolute atomic E-state index is 0.185. The molecule has 5 rings (SSSR count). The van der Waals surface area contributed by atoms with Gasteiger partial charge in [-0.3, -0.25) is 4.79 Å². The lowest BCUT2D eigenvalue weighted by Crippen LogP contribution is -2.33. The van der Waals surface area contributed by atoms with Gasteiger partial charge in [0.2, 0.25) is 5.95 Å². The molecule has 30 heavy (non-hydrogen) atoms. The van der Waals surface area contributed by atoms with Crippen LogP contribution >= 0.6 is 0 Å². The lowest BCUT2D eigenvalue weighted by Gasteiger charge is -2.34. The van der Waals surface area contributed by atoms with Crippen LogP contribution in [0.1, 0.15) is 42.8 Å². The van der Waals surface area contributed by atoms with E-state index in [0.717, 1.165) is 34.6 Å². The first-order valence-corrected chi connectivity index (χ1v) is 10.3. The molecule has 1 N–H and O–H groups in total. The number of allylic oxidation sites excluding steroid dienone is 2. The molecule has 2 aliphatic rings. The summed E-state index contributed by atoms with van der Waals surface area (Å²) in [6, 6.07) is 17.8. The Balaban J connectivity index is 1.46. The first-order valence-electron chi connectivity index (χ1n) is 10.3. The van der Waals surface area contributed by atoms with Crippen molar-refractivity contribution in [2.45, 2.75) is 39.3 Å². The molecule has 1 aliphatic carbocycles. The lowest BCUT2D eigenvalue weighted by molar-refractivity contribution is -0.117. The minimum Gasteiger partial charge on any atom is -0.489 e. The van der Waals surface area contributed by atoms with Crippen LogP contribution in [0.25, 0.3) is 0 Å². The van der Waals surface area contributed by atoms with E-state index in [-0.39, 0.29) is 11.8 Å². The minimum atomic E-state index is -0.263. The second-order valence-electron chi connectivity index (χ2n) is 8.13. The molecule has 3 aromatic rings. The van der Waals surface area contributed by atoms with Crippen molar-refractivity contribution in [1.29, 1.82) is 0 Å². The van der Waals surface area contributed by atoms with Gasteiger partial charge >= 0.3 is 0 Å². The van der Waals surface area contributed by atoms with E-state index in [1.165, 1.54) is 0 Å². The highest BCUT2D eigenvalue weighted by molar-refractivity contribution is 5.99. The van der Waals surface area contributed by atoms with Crippen molar-refractivity contribution in [2.75, 3.05) is 5.32 Å². The Morgan fingerprint density at radius 1 is 1.10 bits per heavy atom. The molecule has 1 aromatic heterocycles. The summed E-state index contributed by atoms with van der Waals surface area (Å²) in [5, 5.41) is 7.93. The van der Waals surface area contributed by atoms with E-state index in [1.807, 2.05) is 66.2 Å². The summed E-state index contributed by atoms with van der Waals surface area (Å²) in [6.07, 6.45) is 1.42. The quantitative estimate of drug-likeness (QED) is 0.701. The van der Waals surface area contributed by atoms with Gasteiger partial charge in [-0.25, -0.2) is 4.68 Å². The predicted molar refractivity (Wildman–Crippen MR) is 114 cm³/mol. The van der Waals surface area contributed by atoms with E-state index in [9.17, 15) is 4.79 Å². The van der Waals surface area contributed by atoms with Crippen LogP contribution in [0.2, 0.25) is 0 Å². The molecule has 6 heteroatoms. The number of rotatable bonds is 4. The number of fused-ring (bicyclic) bond motifs is 1. The predicted octanol–water partition coefficient (Wildman–Crippen LogP) is 4.43. The third-order valence-electron chi connectivity index (χ3n) is 5.67. The molecule has 0 radical (unpaired) electrons.